The van der Waals surface area contributed by atoms with E-state index < -0.39 is 24.2 Å². The fourth-order valence-corrected chi connectivity index (χ4v) is 5.91. The van der Waals surface area contributed by atoms with E-state index in [4.69, 9.17) is 0 Å². The van der Waals surface area contributed by atoms with Crippen molar-refractivity contribution < 1.29 is 20.1 Å². The van der Waals surface area contributed by atoms with Gasteiger partial charge in [0, 0.05) is 0 Å². The topological polar surface area (TPSA) is 89.8 Å². The van der Waals surface area contributed by atoms with Crippen LogP contribution in [-0.2, 0) is 4.79 Å². The Morgan fingerprint density at radius 1 is 0.533 bits per heavy atom. The van der Waals surface area contributed by atoms with Gasteiger partial charge in [0.25, 0.3) is 0 Å². The maximum absolute atomic E-state index is 12.4. The molecular formula is C40H77NO4. The molecule has 0 aromatic rings. The van der Waals surface area contributed by atoms with Crippen molar-refractivity contribution in [1.82, 2.24) is 5.32 Å². The van der Waals surface area contributed by atoms with E-state index in [0.29, 0.717) is 6.42 Å². The third-order valence-electron chi connectivity index (χ3n) is 9.04. The van der Waals surface area contributed by atoms with Gasteiger partial charge in [-0.05, 0) is 32.1 Å². The molecule has 0 aliphatic carbocycles. The molecule has 5 nitrogen and oxygen atoms in total. The van der Waals surface area contributed by atoms with E-state index in [2.05, 4.69) is 31.3 Å². The Morgan fingerprint density at radius 2 is 0.911 bits per heavy atom. The van der Waals surface area contributed by atoms with Crippen LogP contribution in [0.2, 0.25) is 0 Å². The zero-order valence-corrected chi connectivity index (χ0v) is 30.0. The lowest BCUT2D eigenvalue weighted by Gasteiger charge is -2.21. The van der Waals surface area contributed by atoms with Crippen LogP contribution >= 0.6 is 0 Å². The second-order valence-electron chi connectivity index (χ2n) is 13.5. The van der Waals surface area contributed by atoms with E-state index in [1.807, 2.05) is 6.08 Å². The summed E-state index contributed by atoms with van der Waals surface area (Å²) in [4.78, 5) is 12.4. The van der Waals surface area contributed by atoms with Crippen molar-refractivity contribution in [3.8, 4) is 0 Å². The Bertz CT molecular complexity index is 665. The molecule has 0 saturated heterocycles. The lowest BCUT2D eigenvalue weighted by atomic mass is 10.0. The Kier molecular flexibility index (Phi) is 34.8. The molecule has 0 aromatic heterocycles. The highest BCUT2D eigenvalue weighted by Gasteiger charge is 2.22. The van der Waals surface area contributed by atoms with Gasteiger partial charge in [-0.2, -0.15) is 0 Å². The van der Waals surface area contributed by atoms with Crippen LogP contribution in [0.25, 0.3) is 0 Å². The van der Waals surface area contributed by atoms with Crippen LogP contribution in [0.15, 0.2) is 24.3 Å². The molecule has 1 amide bonds. The van der Waals surface area contributed by atoms with Crippen molar-refractivity contribution in [3.63, 3.8) is 0 Å². The van der Waals surface area contributed by atoms with Crippen LogP contribution in [0.3, 0.4) is 0 Å². The van der Waals surface area contributed by atoms with Gasteiger partial charge in [-0.15, -0.1) is 0 Å². The first-order chi connectivity index (χ1) is 22.1. The largest absolute Gasteiger partial charge is 0.394 e. The molecule has 266 valence electrons. The van der Waals surface area contributed by atoms with E-state index >= 15 is 0 Å². The molecule has 3 atom stereocenters. The molecule has 3 unspecified atom stereocenters. The Hall–Kier alpha value is -1.17. The van der Waals surface area contributed by atoms with Gasteiger partial charge in [0.05, 0.1) is 18.8 Å². The zero-order chi connectivity index (χ0) is 33.1. The molecule has 0 aromatic carbocycles. The summed E-state index contributed by atoms with van der Waals surface area (Å²) in [6.07, 6.45) is 41.9. The van der Waals surface area contributed by atoms with Gasteiger partial charge in [-0.25, -0.2) is 0 Å². The van der Waals surface area contributed by atoms with Crippen LogP contribution in [0.5, 0.6) is 0 Å². The highest BCUT2D eigenvalue weighted by Crippen LogP contribution is 2.15. The number of nitrogens with one attached hydrogen (secondary N) is 1. The molecule has 0 radical (unpaired) electrons. The second kappa shape index (κ2) is 35.7. The Balaban J connectivity index is 3.76. The molecule has 0 saturated carbocycles. The number of aliphatic hydroxyl groups is 3. The third-order valence-corrected chi connectivity index (χ3v) is 9.04. The number of amides is 1. The van der Waals surface area contributed by atoms with E-state index in [-0.39, 0.29) is 6.61 Å². The predicted octanol–water partition coefficient (Wildman–Crippen LogP) is 10.7. The highest BCUT2D eigenvalue weighted by molar-refractivity contribution is 5.80. The van der Waals surface area contributed by atoms with E-state index in [1.54, 1.807) is 6.08 Å². The summed E-state index contributed by atoms with van der Waals surface area (Å²) >= 11 is 0. The molecule has 5 heteroatoms. The van der Waals surface area contributed by atoms with Crippen molar-refractivity contribution in [2.75, 3.05) is 6.61 Å². The second-order valence-corrected chi connectivity index (χ2v) is 13.5. The van der Waals surface area contributed by atoms with Gasteiger partial charge >= 0.3 is 0 Å². The first-order valence-electron chi connectivity index (χ1n) is 19.7. The van der Waals surface area contributed by atoms with Gasteiger partial charge in [-0.3, -0.25) is 4.79 Å². The average molecular weight is 636 g/mol. The SMILES string of the molecule is CCCCCCCCCCCC/C=C/CC/C=C/C(O)C(CO)NC(=O)C(O)CCCCCCCCCCCCCCCCC. The number of carbonyl (C=O) groups excluding carboxylic acids is 1. The third kappa shape index (κ3) is 31.2. The average Bonchev–Trinajstić information content (AvgIpc) is 3.04. The number of aliphatic hydroxyl groups excluding tert-OH is 3. The van der Waals surface area contributed by atoms with Crippen LogP contribution in [0.4, 0.5) is 0 Å². The lowest BCUT2D eigenvalue weighted by Crippen LogP contribution is -2.48. The maximum Gasteiger partial charge on any atom is 0.249 e. The fourth-order valence-electron chi connectivity index (χ4n) is 5.91. The lowest BCUT2D eigenvalue weighted by molar-refractivity contribution is -0.131. The van der Waals surface area contributed by atoms with Crippen molar-refractivity contribution in [1.29, 1.82) is 0 Å². The summed E-state index contributed by atoms with van der Waals surface area (Å²) in [6, 6.07) is -0.809. The van der Waals surface area contributed by atoms with Crippen molar-refractivity contribution in [3.05, 3.63) is 24.3 Å². The molecule has 4 N–H and O–H groups in total. The molecule has 0 fully saturated rings. The zero-order valence-electron chi connectivity index (χ0n) is 30.0. The minimum absolute atomic E-state index is 0.373. The molecule has 0 rings (SSSR count). The van der Waals surface area contributed by atoms with Gasteiger partial charge in [0.15, 0.2) is 0 Å². The number of rotatable bonds is 35. The van der Waals surface area contributed by atoms with Gasteiger partial charge in [0.2, 0.25) is 5.91 Å². The number of allylic oxidation sites excluding steroid dienone is 3. The Morgan fingerprint density at radius 3 is 1.36 bits per heavy atom. The van der Waals surface area contributed by atoms with Crippen molar-refractivity contribution in [2.45, 2.75) is 218 Å². The number of hydrogen-bond acceptors (Lipinski definition) is 4. The minimum Gasteiger partial charge on any atom is -0.394 e. The quantitative estimate of drug-likeness (QED) is 0.0412. The number of carbonyl (C=O) groups is 1. The summed E-state index contributed by atoms with van der Waals surface area (Å²) in [5, 5.41) is 33.0. The number of unbranched alkanes of at least 4 members (excludes halogenated alkanes) is 25. The van der Waals surface area contributed by atoms with Crippen LogP contribution < -0.4 is 5.32 Å². The monoisotopic (exact) mass is 636 g/mol. The maximum atomic E-state index is 12.4. The highest BCUT2D eigenvalue weighted by atomic mass is 16.3. The van der Waals surface area contributed by atoms with E-state index in [0.717, 1.165) is 38.5 Å². The molecule has 0 spiro atoms. The molecule has 0 aliphatic heterocycles. The van der Waals surface area contributed by atoms with E-state index in [1.165, 1.54) is 141 Å². The van der Waals surface area contributed by atoms with Crippen LogP contribution in [-0.4, -0.2) is 46.1 Å². The minimum atomic E-state index is -1.10. The molecule has 0 aliphatic rings. The summed E-state index contributed by atoms with van der Waals surface area (Å²) in [5.74, 6) is -0.512. The van der Waals surface area contributed by atoms with Crippen LogP contribution in [0, 0.1) is 0 Å². The van der Waals surface area contributed by atoms with Gasteiger partial charge < -0.3 is 20.6 Å². The molecule has 0 bridgehead atoms. The van der Waals surface area contributed by atoms with Crippen molar-refractivity contribution >= 4 is 5.91 Å². The first kappa shape index (κ1) is 43.8. The van der Waals surface area contributed by atoms with Gasteiger partial charge in [-0.1, -0.05) is 192 Å². The number of hydrogen-bond donors (Lipinski definition) is 4. The summed E-state index contributed by atoms with van der Waals surface area (Å²) in [6.45, 7) is 4.16. The summed E-state index contributed by atoms with van der Waals surface area (Å²) < 4.78 is 0. The Labute approximate surface area is 280 Å². The fraction of sp³-hybridized carbons (Fsp3) is 0.875. The standard InChI is InChI=1S/C40H77NO4/c1-3-5-7-9-11-13-15-17-19-21-22-24-26-28-30-32-34-38(43)37(36-42)41-40(45)39(44)35-33-31-29-27-25-23-20-18-16-14-12-10-8-6-4-2/h24,26,32,34,37-39,42-44H,3-23,25,27-31,33,35-36H2,1-2H3,(H,41,45)/b26-24+,34-32+. The van der Waals surface area contributed by atoms with Gasteiger partial charge in [0.1, 0.15) is 6.10 Å². The first-order valence-corrected chi connectivity index (χ1v) is 19.7. The summed E-state index contributed by atoms with van der Waals surface area (Å²) in [5.41, 5.74) is 0. The summed E-state index contributed by atoms with van der Waals surface area (Å²) in [7, 11) is 0. The smallest absolute Gasteiger partial charge is 0.249 e. The molecule has 45 heavy (non-hydrogen) atoms. The normalized spacial score (nSPS) is 14.0. The predicted molar refractivity (Wildman–Crippen MR) is 195 cm³/mol. The van der Waals surface area contributed by atoms with Crippen molar-refractivity contribution in [2.24, 2.45) is 0 Å². The van der Waals surface area contributed by atoms with Crippen LogP contribution in [0.1, 0.15) is 200 Å². The van der Waals surface area contributed by atoms with E-state index in [9.17, 15) is 20.1 Å². The molecular weight excluding hydrogens is 558 g/mol. The molecule has 0 heterocycles.